The molecule has 40 heavy (non-hydrogen) atoms. The smallest absolute Gasteiger partial charge is 0.262 e. The van der Waals surface area contributed by atoms with E-state index >= 15 is 0 Å². The fourth-order valence-corrected chi connectivity index (χ4v) is 5.81. The second kappa shape index (κ2) is 11.0. The number of benzene rings is 3. The summed E-state index contributed by atoms with van der Waals surface area (Å²) in [6, 6.07) is 20.9. The Labute approximate surface area is 237 Å². The number of nitrogens with zero attached hydrogens (tertiary/aromatic N) is 3. The summed E-state index contributed by atoms with van der Waals surface area (Å²) in [5, 5.41) is 2.96. The van der Waals surface area contributed by atoms with Crippen LogP contribution < -0.4 is 5.32 Å². The molecule has 0 radical (unpaired) electrons. The lowest BCUT2D eigenvalue weighted by molar-refractivity contribution is -0.136. The molecule has 3 aromatic rings. The molecule has 4 amide bonds. The topological polar surface area (TPSA) is 90.0 Å². The van der Waals surface area contributed by atoms with Gasteiger partial charge in [-0.3, -0.25) is 39.2 Å². The summed E-state index contributed by atoms with van der Waals surface area (Å²) in [6.07, 6.45) is 0.259. The average Bonchev–Trinajstić information content (AvgIpc) is 3.20. The highest BCUT2D eigenvalue weighted by Crippen LogP contribution is 2.29. The van der Waals surface area contributed by atoms with Crippen LogP contribution in [0.15, 0.2) is 66.7 Å². The van der Waals surface area contributed by atoms with Gasteiger partial charge in [0.1, 0.15) is 6.04 Å². The minimum absolute atomic E-state index is 0.107. The van der Waals surface area contributed by atoms with Crippen LogP contribution in [0.1, 0.15) is 44.7 Å². The Morgan fingerprint density at radius 3 is 1.88 bits per heavy atom. The van der Waals surface area contributed by atoms with Gasteiger partial charge in [0, 0.05) is 50.7 Å². The molecule has 1 unspecified atom stereocenters. The highest BCUT2D eigenvalue weighted by Gasteiger charge is 2.44. The first kappa shape index (κ1) is 26.4. The van der Waals surface area contributed by atoms with Crippen molar-refractivity contribution in [1.82, 2.24) is 20.0 Å². The summed E-state index contributed by atoms with van der Waals surface area (Å²) in [6.45, 7) is 5.23. The van der Waals surface area contributed by atoms with E-state index in [2.05, 4.69) is 39.4 Å². The van der Waals surface area contributed by atoms with Gasteiger partial charge in [0.05, 0.1) is 11.1 Å². The number of carbonyl (C=O) groups is 4. The number of carbonyl (C=O) groups excluding carboxylic acids is 4. The molecule has 8 nitrogen and oxygen atoms in total. The third-order valence-electron chi connectivity index (χ3n) is 7.91. The molecule has 0 bridgehead atoms. The molecule has 3 aliphatic rings. The van der Waals surface area contributed by atoms with Crippen molar-refractivity contribution in [2.75, 3.05) is 26.2 Å². The Morgan fingerprint density at radius 2 is 1.25 bits per heavy atom. The van der Waals surface area contributed by atoms with Gasteiger partial charge in [0.25, 0.3) is 11.8 Å². The monoisotopic (exact) mass is 556 g/mol. The lowest BCUT2D eigenvalue weighted by Gasteiger charge is -2.34. The first-order valence-corrected chi connectivity index (χ1v) is 13.9. The summed E-state index contributed by atoms with van der Waals surface area (Å²) in [7, 11) is 0. The number of rotatable bonds is 6. The summed E-state index contributed by atoms with van der Waals surface area (Å²) >= 11 is 6.00. The number of nitrogens with one attached hydrogen (secondary N) is 1. The second-order valence-corrected chi connectivity index (χ2v) is 11.0. The van der Waals surface area contributed by atoms with Crippen LogP contribution in [0.5, 0.6) is 0 Å². The molecule has 3 aliphatic heterocycles. The normalized spacial score (nSPS) is 20.1. The van der Waals surface area contributed by atoms with Crippen molar-refractivity contribution in [1.29, 1.82) is 0 Å². The van der Waals surface area contributed by atoms with Gasteiger partial charge in [-0.25, -0.2) is 0 Å². The van der Waals surface area contributed by atoms with E-state index in [0.29, 0.717) is 17.7 Å². The van der Waals surface area contributed by atoms with Crippen LogP contribution in [0.3, 0.4) is 0 Å². The molecule has 204 valence electrons. The summed E-state index contributed by atoms with van der Waals surface area (Å²) in [5.41, 5.74) is 5.17. The maximum Gasteiger partial charge on any atom is 0.262 e. The summed E-state index contributed by atoms with van der Waals surface area (Å²) in [4.78, 5) is 55.7. The number of amides is 4. The second-order valence-electron chi connectivity index (χ2n) is 10.6. The van der Waals surface area contributed by atoms with E-state index in [1.165, 1.54) is 11.1 Å². The molecule has 0 aromatic heterocycles. The van der Waals surface area contributed by atoms with E-state index < -0.39 is 23.8 Å². The zero-order chi connectivity index (χ0) is 27.8. The summed E-state index contributed by atoms with van der Waals surface area (Å²) < 4.78 is 0. The summed E-state index contributed by atoms with van der Waals surface area (Å²) in [5.74, 6) is -1.92. The standard InChI is InChI=1S/C31H29ClN4O4/c32-24-8-6-23(7-9-24)22-4-1-20(2-5-22)18-34-13-15-35(16-14-34)19-21-3-10-25-26(17-21)31(40)36(30(25)39)27-11-12-28(37)33-29(27)38/h1-10,17,27H,11-16,18-19H2,(H,33,37,38). The number of piperazine rings is 1. The number of hydrogen-bond donors (Lipinski definition) is 1. The van der Waals surface area contributed by atoms with Crippen LogP contribution >= 0.6 is 11.6 Å². The van der Waals surface area contributed by atoms with E-state index in [9.17, 15) is 19.2 Å². The van der Waals surface area contributed by atoms with Gasteiger partial charge in [-0.2, -0.15) is 0 Å². The Bertz CT molecular complexity index is 1480. The van der Waals surface area contributed by atoms with Crippen LogP contribution in [-0.4, -0.2) is 70.5 Å². The van der Waals surface area contributed by atoms with Crippen molar-refractivity contribution in [3.8, 4) is 11.1 Å². The Morgan fingerprint density at radius 1 is 0.700 bits per heavy atom. The van der Waals surface area contributed by atoms with Crippen LogP contribution in [0, 0.1) is 0 Å². The van der Waals surface area contributed by atoms with Crippen LogP contribution in [-0.2, 0) is 22.7 Å². The predicted molar refractivity (Wildman–Crippen MR) is 151 cm³/mol. The van der Waals surface area contributed by atoms with Gasteiger partial charge in [0.2, 0.25) is 11.8 Å². The molecule has 6 rings (SSSR count). The first-order valence-electron chi connectivity index (χ1n) is 13.5. The molecule has 0 spiro atoms. The fourth-order valence-electron chi connectivity index (χ4n) is 5.68. The molecular weight excluding hydrogens is 528 g/mol. The SMILES string of the molecule is O=C1CCC(N2C(=O)c3ccc(CN4CCN(Cc5ccc(-c6ccc(Cl)cc6)cc5)CC4)cc3C2=O)C(=O)N1. The van der Waals surface area contributed by atoms with Gasteiger partial charge in [-0.15, -0.1) is 0 Å². The lowest BCUT2D eigenvalue weighted by atomic mass is 10.0. The number of piperidine rings is 1. The van der Waals surface area contributed by atoms with Gasteiger partial charge in [-0.1, -0.05) is 54.1 Å². The number of fused-ring (bicyclic) bond motifs is 1. The lowest BCUT2D eigenvalue weighted by Crippen LogP contribution is -2.54. The van der Waals surface area contributed by atoms with E-state index in [4.69, 9.17) is 11.6 Å². The zero-order valence-electron chi connectivity index (χ0n) is 21.9. The van der Waals surface area contributed by atoms with E-state index in [1.807, 2.05) is 30.3 Å². The van der Waals surface area contributed by atoms with Crippen LogP contribution in [0.25, 0.3) is 11.1 Å². The molecule has 2 saturated heterocycles. The van der Waals surface area contributed by atoms with Crippen LogP contribution in [0.2, 0.25) is 5.02 Å². The van der Waals surface area contributed by atoms with Gasteiger partial charge >= 0.3 is 0 Å². The molecule has 0 saturated carbocycles. The van der Waals surface area contributed by atoms with E-state index in [0.717, 1.165) is 53.8 Å². The predicted octanol–water partition coefficient (Wildman–Crippen LogP) is 3.73. The molecule has 3 heterocycles. The van der Waals surface area contributed by atoms with E-state index in [-0.39, 0.29) is 18.7 Å². The van der Waals surface area contributed by atoms with E-state index in [1.54, 1.807) is 12.1 Å². The number of hydrogen-bond acceptors (Lipinski definition) is 6. The van der Waals surface area contributed by atoms with Crippen molar-refractivity contribution < 1.29 is 19.2 Å². The molecule has 0 aliphatic carbocycles. The Kier molecular flexibility index (Phi) is 7.23. The highest BCUT2D eigenvalue weighted by molar-refractivity contribution is 6.30. The molecule has 9 heteroatoms. The van der Waals surface area contributed by atoms with Crippen molar-refractivity contribution in [2.24, 2.45) is 0 Å². The third-order valence-corrected chi connectivity index (χ3v) is 8.16. The molecule has 1 atom stereocenters. The van der Waals surface area contributed by atoms with Crippen molar-refractivity contribution in [3.63, 3.8) is 0 Å². The maximum atomic E-state index is 13.1. The van der Waals surface area contributed by atoms with Crippen molar-refractivity contribution in [3.05, 3.63) is 94.0 Å². The molecule has 2 fully saturated rings. The quantitative estimate of drug-likeness (QED) is 0.465. The number of imide groups is 2. The Hall–Kier alpha value is -3.85. The van der Waals surface area contributed by atoms with Gasteiger partial charge in [0.15, 0.2) is 0 Å². The third kappa shape index (κ3) is 5.30. The largest absolute Gasteiger partial charge is 0.297 e. The average molecular weight is 557 g/mol. The zero-order valence-corrected chi connectivity index (χ0v) is 22.7. The molecular formula is C31H29ClN4O4. The Balaban J connectivity index is 1.04. The molecule has 3 aromatic carbocycles. The van der Waals surface area contributed by atoms with Crippen molar-refractivity contribution >= 4 is 35.2 Å². The fraction of sp³-hybridized carbons (Fsp3) is 0.290. The number of halogens is 1. The minimum Gasteiger partial charge on any atom is -0.297 e. The van der Waals surface area contributed by atoms with Crippen molar-refractivity contribution in [2.45, 2.75) is 32.0 Å². The van der Waals surface area contributed by atoms with Crippen LogP contribution in [0.4, 0.5) is 0 Å². The first-order chi connectivity index (χ1) is 19.4. The molecule has 1 N–H and O–H groups in total. The minimum atomic E-state index is -0.949. The van der Waals surface area contributed by atoms with Gasteiger partial charge in [-0.05, 0) is 52.9 Å². The van der Waals surface area contributed by atoms with Gasteiger partial charge < -0.3 is 0 Å². The highest BCUT2D eigenvalue weighted by atomic mass is 35.5. The maximum absolute atomic E-state index is 13.1.